The lowest BCUT2D eigenvalue weighted by molar-refractivity contribution is -0.118. The van der Waals surface area contributed by atoms with Gasteiger partial charge in [0.25, 0.3) is 0 Å². The number of sulfone groups is 1. The number of aromatic nitrogens is 1. The average Bonchev–Trinajstić information content (AvgIpc) is 3.41. The number of halogens is 2. The van der Waals surface area contributed by atoms with Gasteiger partial charge in [-0.15, -0.1) is 0 Å². The first kappa shape index (κ1) is 21.1. The van der Waals surface area contributed by atoms with E-state index in [0.717, 1.165) is 35.6 Å². The maximum atomic E-state index is 14.1. The molecule has 0 saturated heterocycles. The second kappa shape index (κ2) is 8.56. The number of nitrogens with zero attached hydrogens (tertiary/aromatic N) is 2. The van der Waals surface area contributed by atoms with Crippen LogP contribution in [0.5, 0.6) is 0 Å². The summed E-state index contributed by atoms with van der Waals surface area (Å²) in [7, 11) is -3.80. The number of benzene rings is 2. The minimum absolute atomic E-state index is 0.0177. The van der Waals surface area contributed by atoms with Crippen LogP contribution >= 0.6 is 11.3 Å². The molecule has 1 amide bonds. The van der Waals surface area contributed by atoms with Crippen molar-refractivity contribution in [1.29, 1.82) is 0 Å². The Morgan fingerprint density at radius 3 is 2.52 bits per heavy atom. The molecule has 2 aromatic carbocycles. The Bertz CT molecular complexity index is 1320. The largest absolute Gasteiger partial charge is 0.467 e. The molecule has 0 N–H and O–H groups in total. The number of rotatable bonds is 7. The fourth-order valence-corrected chi connectivity index (χ4v) is 5.18. The van der Waals surface area contributed by atoms with Crippen LogP contribution in [0, 0.1) is 11.6 Å². The quantitative estimate of drug-likeness (QED) is 0.376. The van der Waals surface area contributed by atoms with Crippen molar-refractivity contribution in [1.82, 2.24) is 4.98 Å². The van der Waals surface area contributed by atoms with E-state index in [4.69, 9.17) is 4.42 Å². The molecule has 0 radical (unpaired) electrons. The molecule has 0 bridgehead atoms. The molecule has 4 aromatic rings. The molecular formula is C21H16F2N2O4S2. The molecule has 0 unspecified atom stereocenters. The van der Waals surface area contributed by atoms with E-state index >= 15 is 0 Å². The summed E-state index contributed by atoms with van der Waals surface area (Å²) in [5.74, 6) is -1.58. The van der Waals surface area contributed by atoms with Gasteiger partial charge in [0.2, 0.25) is 5.91 Å². The standard InChI is InChI=1S/C21H16F2N2O4S2/c22-14-6-8-16(9-7-14)31(27,28)12-10-19(26)25(13-15-3-2-11-29-15)21-24-20-17(23)4-1-5-18(20)30-21/h1-9,11H,10,12-13H2. The molecule has 6 nitrogen and oxygen atoms in total. The Kier molecular flexibility index (Phi) is 5.84. The Balaban J connectivity index is 1.59. The van der Waals surface area contributed by atoms with E-state index in [0.29, 0.717) is 10.5 Å². The molecule has 0 aliphatic rings. The van der Waals surface area contributed by atoms with E-state index in [1.54, 1.807) is 24.3 Å². The van der Waals surface area contributed by atoms with Crippen molar-refractivity contribution in [3.05, 3.63) is 78.3 Å². The van der Waals surface area contributed by atoms with E-state index in [1.807, 2.05) is 0 Å². The number of hydrogen-bond donors (Lipinski definition) is 0. The zero-order valence-electron chi connectivity index (χ0n) is 16.0. The molecule has 0 fully saturated rings. The number of carbonyl (C=O) groups excluding carboxylic acids is 1. The first-order valence-electron chi connectivity index (χ1n) is 9.19. The summed E-state index contributed by atoms with van der Waals surface area (Å²) in [4.78, 5) is 18.5. The topological polar surface area (TPSA) is 80.5 Å². The van der Waals surface area contributed by atoms with Crippen molar-refractivity contribution in [2.45, 2.75) is 17.9 Å². The van der Waals surface area contributed by atoms with Crippen molar-refractivity contribution in [2.24, 2.45) is 0 Å². The minimum atomic E-state index is -3.80. The number of furan rings is 1. The van der Waals surface area contributed by atoms with E-state index in [2.05, 4.69) is 4.98 Å². The Labute approximate surface area is 180 Å². The zero-order chi connectivity index (χ0) is 22.0. The highest BCUT2D eigenvalue weighted by Gasteiger charge is 2.24. The molecular weight excluding hydrogens is 446 g/mol. The van der Waals surface area contributed by atoms with Crippen LogP contribution in [0.15, 0.2) is 70.2 Å². The van der Waals surface area contributed by atoms with Crippen molar-refractivity contribution in [2.75, 3.05) is 10.7 Å². The van der Waals surface area contributed by atoms with Gasteiger partial charge in [-0.05, 0) is 48.5 Å². The van der Waals surface area contributed by atoms with Gasteiger partial charge in [0.1, 0.15) is 22.9 Å². The van der Waals surface area contributed by atoms with Crippen LogP contribution in [0.2, 0.25) is 0 Å². The van der Waals surface area contributed by atoms with E-state index in [-0.39, 0.29) is 28.5 Å². The van der Waals surface area contributed by atoms with E-state index in [1.165, 1.54) is 17.2 Å². The van der Waals surface area contributed by atoms with Gasteiger partial charge in [-0.3, -0.25) is 9.69 Å². The second-order valence-corrected chi connectivity index (χ2v) is 9.78. The normalized spacial score (nSPS) is 11.7. The molecule has 10 heteroatoms. The van der Waals surface area contributed by atoms with Gasteiger partial charge >= 0.3 is 0 Å². The smallest absolute Gasteiger partial charge is 0.230 e. The van der Waals surface area contributed by atoms with Gasteiger partial charge < -0.3 is 4.42 Å². The van der Waals surface area contributed by atoms with Crippen molar-refractivity contribution >= 4 is 42.4 Å². The van der Waals surface area contributed by atoms with Crippen LogP contribution in [0.25, 0.3) is 10.2 Å². The van der Waals surface area contributed by atoms with Gasteiger partial charge in [0.05, 0.1) is 28.2 Å². The van der Waals surface area contributed by atoms with Gasteiger partial charge in [-0.2, -0.15) is 0 Å². The average molecular weight is 462 g/mol. The molecule has 0 aliphatic carbocycles. The Morgan fingerprint density at radius 2 is 1.84 bits per heavy atom. The molecule has 160 valence electrons. The number of hydrogen-bond acceptors (Lipinski definition) is 6. The van der Waals surface area contributed by atoms with Crippen LogP contribution < -0.4 is 4.90 Å². The summed E-state index contributed by atoms with van der Waals surface area (Å²) in [6.07, 6.45) is 1.12. The first-order chi connectivity index (χ1) is 14.8. The van der Waals surface area contributed by atoms with Crippen LogP contribution in [0.3, 0.4) is 0 Å². The summed E-state index contributed by atoms with van der Waals surface area (Å²) in [5, 5.41) is 0.237. The maximum Gasteiger partial charge on any atom is 0.230 e. The first-order valence-corrected chi connectivity index (χ1v) is 11.7. The van der Waals surface area contributed by atoms with Gasteiger partial charge in [-0.25, -0.2) is 22.2 Å². The highest BCUT2D eigenvalue weighted by molar-refractivity contribution is 7.91. The van der Waals surface area contributed by atoms with Crippen LogP contribution in [0.1, 0.15) is 12.2 Å². The second-order valence-electron chi connectivity index (χ2n) is 6.67. The van der Waals surface area contributed by atoms with Crippen LogP contribution in [0.4, 0.5) is 13.9 Å². The molecule has 4 rings (SSSR count). The zero-order valence-corrected chi connectivity index (χ0v) is 17.6. The predicted octanol–water partition coefficient (Wildman–Crippen LogP) is 4.56. The van der Waals surface area contributed by atoms with Gasteiger partial charge in [0, 0.05) is 6.42 Å². The predicted molar refractivity (Wildman–Crippen MR) is 113 cm³/mol. The van der Waals surface area contributed by atoms with Gasteiger partial charge in [0.15, 0.2) is 15.0 Å². The highest BCUT2D eigenvalue weighted by Crippen LogP contribution is 2.31. The molecule has 0 spiro atoms. The molecule has 0 aliphatic heterocycles. The Morgan fingerprint density at radius 1 is 1.06 bits per heavy atom. The van der Waals surface area contributed by atoms with Crippen molar-refractivity contribution < 1.29 is 26.4 Å². The summed E-state index contributed by atoms with van der Waals surface area (Å²) in [5.41, 5.74) is 0.138. The number of para-hydroxylation sites is 1. The van der Waals surface area contributed by atoms with Crippen LogP contribution in [-0.4, -0.2) is 25.1 Å². The molecule has 2 aromatic heterocycles. The third-order valence-corrected chi connectivity index (χ3v) is 7.32. The summed E-state index contributed by atoms with van der Waals surface area (Å²) >= 11 is 1.12. The van der Waals surface area contributed by atoms with Gasteiger partial charge in [-0.1, -0.05) is 17.4 Å². The lowest BCUT2D eigenvalue weighted by Gasteiger charge is -2.18. The lowest BCUT2D eigenvalue weighted by Crippen LogP contribution is -2.31. The molecule has 0 saturated carbocycles. The fraction of sp³-hybridized carbons (Fsp3) is 0.143. The molecule has 31 heavy (non-hydrogen) atoms. The fourth-order valence-electron chi connectivity index (χ4n) is 2.96. The van der Waals surface area contributed by atoms with E-state index in [9.17, 15) is 22.0 Å². The summed E-state index contributed by atoms with van der Waals surface area (Å²) < 4.78 is 58.1. The monoisotopic (exact) mass is 462 g/mol. The Hall–Kier alpha value is -3.11. The minimum Gasteiger partial charge on any atom is -0.467 e. The molecule has 0 atom stereocenters. The number of thiazole rings is 1. The number of fused-ring (bicyclic) bond motifs is 1. The third kappa shape index (κ3) is 4.64. The maximum absolute atomic E-state index is 14.1. The third-order valence-electron chi connectivity index (χ3n) is 4.54. The number of carbonyl (C=O) groups is 1. The number of anilines is 1. The lowest BCUT2D eigenvalue weighted by atomic mass is 10.3. The van der Waals surface area contributed by atoms with Crippen molar-refractivity contribution in [3.8, 4) is 0 Å². The van der Waals surface area contributed by atoms with E-state index < -0.39 is 33.1 Å². The summed E-state index contributed by atoms with van der Waals surface area (Å²) in [6.45, 7) is 0.0177. The summed E-state index contributed by atoms with van der Waals surface area (Å²) in [6, 6.07) is 12.3. The molecule has 2 heterocycles. The SMILES string of the molecule is O=C(CCS(=O)(=O)c1ccc(F)cc1)N(Cc1ccco1)c1nc2c(F)cccc2s1. The number of amides is 1. The highest BCUT2D eigenvalue weighted by atomic mass is 32.2. The van der Waals surface area contributed by atoms with Crippen LogP contribution in [-0.2, 0) is 21.2 Å². The van der Waals surface area contributed by atoms with Crippen molar-refractivity contribution in [3.63, 3.8) is 0 Å².